The topological polar surface area (TPSA) is 33.2 Å². The second-order valence-electron chi connectivity index (χ2n) is 5.53. The van der Waals surface area contributed by atoms with E-state index in [-0.39, 0.29) is 0 Å². The Labute approximate surface area is 113 Å². The van der Waals surface area contributed by atoms with Crippen LogP contribution in [0.5, 0.6) is 0 Å². The van der Waals surface area contributed by atoms with Crippen molar-refractivity contribution in [2.75, 3.05) is 13.6 Å². The number of carbonyl (C=O) groups is 1. The van der Waals surface area contributed by atoms with Crippen LogP contribution >= 0.6 is 0 Å². The fourth-order valence-corrected chi connectivity index (χ4v) is 3.00. The average Bonchev–Trinajstić information content (AvgIpc) is 2.36. The summed E-state index contributed by atoms with van der Waals surface area (Å²) in [7, 11) is 2.09. The van der Waals surface area contributed by atoms with Crippen LogP contribution in [0, 0.1) is 13.8 Å². The van der Waals surface area contributed by atoms with Crippen LogP contribution in [-0.4, -0.2) is 29.8 Å². The molecule has 1 aliphatic heterocycles. The molecular weight excluding hydrogens is 236 g/mol. The van der Waals surface area contributed by atoms with Crippen LogP contribution in [0.15, 0.2) is 12.1 Å². The fourth-order valence-electron chi connectivity index (χ4n) is 3.00. The second kappa shape index (κ2) is 4.42. The van der Waals surface area contributed by atoms with E-state index in [4.69, 9.17) is 4.98 Å². The normalized spacial score (nSPS) is 15.5. The molecule has 0 saturated heterocycles. The van der Waals surface area contributed by atoms with Gasteiger partial charge in [-0.05, 0) is 38.1 Å². The van der Waals surface area contributed by atoms with E-state index in [1.807, 2.05) is 0 Å². The van der Waals surface area contributed by atoms with Crippen LogP contribution in [0.2, 0.25) is 0 Å². The Hall–Kier alpha value is -1.74. The summed E-state index contributed by atoms with van der Waals surface area (Å²) in [6.07, 6.45) is 1.93. The summed E-state index contributed by atoms with van der Waals surface area (Å²) in [6.45, 7) is 5.96. The van der Waals surface area contributed by atoms with Gasteiger partial charge < -0.3 is 4.90 Å². The van der Waals surface area contributed by atoms with Crippen molar-refractivity contribution < 1.29 is 4.79 Å². The molecule has 3 nitrogen and oxygen atoms in total. The minimum atomic E-state index is 0.819. The van der Waals surface area contributed by atoms with Crippen LogP contribution < -0.4 is 0 Å². The molecule has 3 rings (SSSR count). The maximum Gasteiger partial charge on any atom is 0.151 e. The number of aromatic nitrogens is 1. The molecule has 0 atom stereocenters. The maximum absolute atomic E-state index is 11.6. The Kier molecular flexibility index (Phi) is 2.86. The molecule has 1 aromatic carbocycles. The highest BCUT2D eigenvalue weighted by Gasteiger charge is 2.21. The minimum absolute atomic E-state index is 0.819. The first kappa shape index (κ1) is 12.3. The van der Waals surface area contributed by atoms with E-state index in [1.54, 1.807) is 0 Å². The maximum atomic E-state index is 11.6. The molecule has 2 heterocycles. The predicted molar refractivity (Wildman–Crippen MR) is 76.6 cm³/mol. The van der Waals surface area contributed by atoms with Gasteiger partial charge >= 0.3 is 0 Å². The largest absolute Gasteiger partial charge is 0.302 e. The molecule has 0 spiro atoms. The molecule has 0 amide bonds. The van der Waals surface area contributed by atoms with E-state index in [9.17, 15) is 4.79 Å². The van der Waals surface area contributed by atoms with Gasteiger partial charge in [-0.1, -0.05) is 11.6 Å². The lowest BCUT2D eigenvalue weighted by Crippen LogP contribution is -2.28. The number of aldehydes is 1. The molecule has 0 radical (unpaired) electrons. The molecule has 1 aromatic heterocycles. The predicted octanol–water partition coefficient (Wildman–Crippen LogP) is 2.65. The molecule has 19 heavy (non-hydrogen) atoms. The van der Waals surface area contributed by atoms with Gasteiger partial charge in [-0.25, -0.2) is 0 Å². The van der Waals surface area contributed by atoms with Crippen LogP contribution in [0.25, 0.3) is 10.9 Å². The molecule has 0 bridgehead atoms. The number of pyridine rings is 1. The second-order valence-corrected chi connectivity index (χ2v) is 5.53. The summed E-state index contributed by atoms with van der Waals surface area (Å²) in [5, 5.41) is 1.00. The molecule has 0 N–H and O–H groups in total. The van der Waals surface area contributed by atoms with Crippen molar-refractivity contribution in [1.82, 2.24) is 9.88 Å². The number of nitrogens with zero attached hydrogens (tertiary/aromatic N) is 2. The van der Waals surface area contributed by atoms with Gasteiger partial charge in [0.2, 0.25) is 0 Å². The Morgan fingerprint density at radius 3 is 2.84 bits per heavy atom. The van der Waals surface area contributed by atoms with Crippen molar-refractivity contribution >= 4 is 17.2 Å². The van der Waals surface area contributed by atoms with Crippen LogP contribution in [0.3, 0.4) is 0 Å². The molecular formula is C16H18N2O. The summed E-state index contributed by atoms with van der Waals surface area (Å²) < 4.78 is 0. The monoisotopic (exact) mass is 254 g/mol. The molecule has 98 valence electrons. The molecule has 3 heteroatoms. The van der Waals surface area contributed by atoms with Crippen molar-refractivity contribution in [3.05, 3.63) is 40.1 Å². The number of rotatable bonds is 1. The third-order valence-corrected chi connectivity index (χ3v) is 3.93. The zero-order valence-electron chi connectivity index (χ0n) is 11.7. The highest BCUT2D eigenvalue weighted by Crippen LogP contribution is 2.28. The van der Waals surface area contributed by atoms with Gasteiger partial charge in [-0.15, -0.1) is 0 Å². The molecule has 0 saturated carbocycles. The van der Waals surface area contributed by atoms with Gasteiger partial charge in [0, 0.05) is 36.2 Å². The summed E-state index contributed by atoms with van der Waals surface area (Å²) in [5.74, 6) is 0. The summed E-state index contributed by atoms with van der Waals surface area (Å²) in [4.78, 5) is 18.6. The van der Waals surface area contributed by atoms with Gasteiger partial charge in [-0.3, -0.25) is 9.78 Å². The third kappa shape index (κ3) is 1.94. The zero-order chi connectivity index (χ0) is 13.6. The summed E-state index contributed by atoms with van der Waals surface area (Å²) >= 11 is 0. The van der Waals surface area contributed by atoms with Crippen molar-refractivity contribution in [1.29, 1.82) is 0 Å². The number of benzene rings is 1. The van der Waals surface area contributed by atoms with E-state index >= 15 is 0 Å². The van der Waals surface area contributed by atoms with Crippen LogP contribution in [0.4, 0.5) is 0 Å². The summed E-state index contributed by atoms with van der Waals surface area (Å²) in [5.41, 5.74) is 6.36. The van der Waals surface area contributed by atoms with E-state index in [1.165, 1.54) is 5.56 Å². The first-order valence-corrected chi connectivity index (χ1v) is 6.66. The highest BCUT2D eigenvalue weighted by atomic mass is 16.1. The first-order valence-electron chi connectivity index (χ1n) is 6.66. The number of likely N-dealkylation sites (N-methyl/N-ethyl adjacent to an activating group) is 1. The van der Waals surface area contributed by atoms with E-state index in [2.05, 4.69) is 37.9 Å². The Morgan fingerprint density at radius 1 is 1.32 bits per heavy atom. The number of hydrogen-bond donors (Lipinski definition) is 0. The van der Waals surface area contributed by atoms with Gasteiger partial charge in [0.05, 0.1) is 5.52 Å². The van der Waals surface area contributed by atoms with Gasteiger partial charge in [0.1, 0.15) is 0 Å². The SMILES string of the molecule is Cc1cc(C)c2nc3c(c(C=O)c2c1)CN(C)CC3. The van der Waals surface area contributed by atoms with E-state index in [0.29, 0.717) is 0 Å². The lowest BCUT2D eigenvalue weighted by atomic mass is 9.94. The Morgan fingerprint density at radius 2 is 2.11 bits per heavy atom. The van der Waals surface area contributed by atoms with Crippen molar-refractivity contribution in [3.8, 4) is 0 Å². The van der Waals surface area contributed by atoms with Crippen molar-refractivity contribution in [2.45, 2.75) is 26.8 Å². The standard InChI is InChI=1S/C16H18N2O/c1-10-6-11(2)16-12(7-10)14(9-19)13-8-18(3)5-4-15(13)17-16/h6-7,9H,4-5,8H2,1-3H3. The number of hydrogen-bond acceptors (Lipinski definition) is 3. The Bertz CT molecular complexity index is 676. The fraction of sp³-hybridized carbons (Fsp3) is 0.375. The number of aryl methyl sites for hydroxylation is 2. The number of carbonyl (C=O) groups excluding carboxylic acids is 1. The molecule has 0 unspecified atom stereocenters. The minimum Gasteiger partial charge on any atom is -0.302 e. The van der Waals surface area contributed by atoms with Gasteiger partial charge in [0.25, 0.3) is 0 Å². The van der Waals surface area contributed by atoms with Crippen LogP contribution in [-0.2, 0) is 13.0 Å². The summed E-state index contributed by atoms with van der Waals surface area (Å²) in [6, 6.07) is 4.21. The van der Waals surface area contributed by atoms with Crippen molar-refractivity contribution in [2.24, 2.45) is 0 Å². The smallest absolute Gasteiger partial charge is 0.151 e. The van der Waals surface area contributed by atoms with Crippen LogP contribution in [0.1, 0.15) is 32.7 Å². The molecule has 0 fully saturated rings. The average molecular weight is 254 g/mol. The molecule has 2 aromatic rings. The first-order chi connectivity index (χ1) is 9.10. The number of fused-ring (bicyclic) bond motifs is 2. The lowest BCUT2D eigenvalue weighted by Gasteiger charge is -2.26. The quantitative estimate of drug-likeness (QED) is 0.733. The van der Waals surface area contributed by atoms with E-state index < -0.39 is 0 Å². The molecule has 0 aliphatic carbocycles. The molecule has 1 aliphatic rings. The lowest BCUT2D eigenvalue weighted by molar-refractivity contribution is 0.112. The zero-order valence-corrected chi connectivity index (χ0v) is 11.7. The van der Waals surface area contributed by atoms with Gasteiger partial charge in [0.15, 0.2) is 6.29 Å². The Balaban J connectivity index is 2.39. The van der Waals surface area contributed by atoms with Gasteiger partial charge in [-0.2, -0.15) is 0 Å². The van der Waals surface area contributed by atoms with E-state index in [0.717, 1.165) is 59.1 Å². The van der Waals surface area contributed by atoms with Crippen molar-refractivity contribution in [3.63, 3.8) is 0 Å². The highest BCUT2D eigenvalue weighted by molar-refractivity contribution is 5.99. The third-order valence-electron chi connectivity index (χ3n) is 3.93.